The lowest BCUT2D eigenvalue weighted by atomic mass is 9.92. The molecule has 3 rings (SSSR count). The zero-order chi connectivity index (χ0) is 15.4. The highest BCUT2D eigenvalue weighted by atomic mass is 35.5. The lowest BCUT2D eigenvalue weighted by Crippen LogP contribution is -2.40. The smallest absolute Gasteiger partial charge is 0.227 e. The Morgan fingerprint density at radius 1 is 1.17 bits per heavy atom. The Bertz CT molecular complexity index is 500. The molecule has 1 amide bonds. The van der Waals surface area contributed by atoms with Crippen LogP contribution in [0.15, 0.2) is 24.3 Å². The van der Waals surface area contributed by atoms with Crippen LogP contribution in [0.1, 0.15) is 45.4 Å². The van der Waals surface area contributed by atoms with Crippen LogP contribution in [0.5, 0.6) is 5.75 Å². The van der Waals surface area contributed by atoms with Gasteiger partial charge in [0.25, 0.3) is 0 Å². The van der Waals surface area contributed by atoms with Crippen LogP contribution in [-0.4, -0.2) is 24.6 Å². The topological polar surface area (TPSA) is 50.4 Å². The third-order valence-electron chi connectivity index (χ3n) is 4.72. The first-order valence-electron chi connectivity index (χ1n) is 8.51. The van der Waals surface area contributed by atoms with Crippen molar-refractivity contribution in [1.29, 1.82) is 0 Å². The van der Waals surface area contributed by atoms with E-state index in [1.807, 2.05) is 24.3 Å². The molecule has 2 atom stereocenters. The van der Waals surface area contributed by atoms with E-state index in [4.69, 9.17) is 4.74 Å². The van der Waals surface area contributed by atoms with Crippen molar-refractivity contribution in [2.24, 2.45) is 5.92 Å². The Morgan fingerprint density at radius 2 is 1.87 bits per heavy atom. The molecule has 2 N–H and O–H groups in total. The van der Waals surface area contributed by atoms with Crippen LogP contribution in [-0.2, 0) is 4.79 Å². The maximum Gasteiger partial charge on any atom is 0.227 e. The molecule has 2 aliphatic rings. The summed E-state index contributed by atoms with van der Waals surface area (Å²) < 4.78 is 5.94. The molecule has 0 unspecified atom stereocenters. The molecule has 5 heteroatoms. The maximum atomic E-state index is 12.3. The van der Waals surface area contributed by atoms with Crippen molar-refractivity contribution in [2.45, 2.75) is 57.6 Å². The van der Waals surface area contributed by atoms with Crippen molar-refractivity contribution in [3.05, 3.63) is 24.3 Å². The molecule has 1 aliphatic carbocycles. The van der Waals surface area contributed by atoms with Crippen LogP contribution < -0.4 is 15.4 Å². The molecule has 0 spiro atoms. The number of rotatable bonds is 4. The molecule has 0 aromatic heterocycles. The molecular formula is C18H27ClN2O2. The van der Waals surface area contributed by atoms with Crippen molar-refractivity contribution in [3.8, 4) is 5.75 Å². The molecule has 0 bridgehead atoms. The molecule has 1 saturated carbocycles. The van der Waals surface area contributed by atoms with Gasteiger partial charge >= 0.3 is 0 Å². The van der Waals surface area contributed by atoms with Gasteiger partial charge < -0.3 is 15.4 Å². The van der Waals surface area contributed by atoms with Gasteiger partial charge in [0, 0.05) is 17.6 Å². The van der Waals surface area contributed by atoms with Crippen molar-refractivity contribution >= 4 is 24.0 Å². The van der Waals surface area contributed by atoms with Crippen LogP contribution in [0.2, 0.25) is 0 Å². The minimum atomic E-state index is 0. The number of carbonyl (C=O) groups is 1. The van der Waals surface area contributed by atoms with Crippen molar-refractivity contribution in [1.82, 2.24) is 5.32 Å². The minimum absolute atomic E-state index is 0. The van der Waals surface area contributed by atoms with E-state index in [9.17, 15) is 4.79 Å². The van der Waals surface area contributed by atoms with Gasteiger partial charge in [-0.25, -0.2) is 0 Å². The van der Waals surface area contributed by atoms with Crippen LogP contribution in [0.4, 0.5) is 5.69 Å². The number of hydrogen-bond donors (Lipinski definition) is 2. The van der Waals surface area contributed by atoms with E-state index in [0.717, 1.165) is 43.7 Å². The fourth-order valence-electron chi connectivity index (χ4n) is 3.43. The average molecular weight is 339 g/mol. The molecule has 4 nitrogen and oxygen atoms in total. The zero-order valence-electron chi connectivity index (χ0n) is 13.7. The van der Waals surface area contributed by atoms with E-state index in [-0.39, 0.29) is 24.2 Å². The van der Waals surface area contributed by atoms with E-state index in [2.05, 4.69) is 17.6 Å². The number of piperidine rings is 1. The SMILES string of the molecule is C[C@H]1C[C@@H](C(=O)Nc2ccc(OC3CCCC3)cc2)CCN1.Cl. The predicted molar refractivity (Wildman–Crippen MR) is 95.4 cm³/mol. The molecule has 1 heterocycles. The number of ether oxygens (including phenoxy) is 1. The third kappa shape index (κ3) is 5.11. The normalized spacial score (nSPS) is 24.7. The predicted octanol–water partition coefficient (Wildman–Crippen LogP) is 3.76. The largest absolute Gasteiger partial charge is 0.490 e. The summed E-state index contributed by atoms with van der Waals surface area (Å²) >= 11 is 0. The lowest BCUT2D eigenvalue weighted by Gasteiger charge is -2.27. The first-order valence-corrected chi connectivity index (χ1v) is 8.51. The molecule has 128 valence electrons. The third-order valence-corrected chi connectivity index (χ3v) is 4.72. The first-order chi connectivity index (χ1) is 10.7. The number of nitrogens with one attached hydrogen (secondary N) is 2. The maximum absolute atomic E-state index is 12.3. The molecule has 1 aliphatic heterocycles. The summed E-state index contributed by atoms with van der Waals surface area (Å²) in [7, 11) is 0. The first kappa shape index (κ1) is 18.1. The fourth-order valence-corrected chi connectivity index (χ4v) is 3.43. The van der Waals surface area contributed by atoms with Gasteiger partial charge in [0.2, 0.25) is 5.91 Å². The Morgan fingerprint density at radius 3 is 2.52 bits per heavy atom. The Balaban J connectivity index is 0.00000192. The quantitative estimate of drug-likeness (QED) is 0.879. The van der Waals surface area contributed by atoms with Crippen molar-refractivity contribution < 1.29 is 9.53 Å². The minimum Gasteiger partial charge on any atom is -0.490 e. The number of carbonyl (C=O) groups excluding carboxylic acids is 1. The second kappa shape index (κ2) is 8.55. The van der Waals surface area contributed by atoms with E-state index in [0.29, 0.717) is 12.1 Å². The molecule has 23 heavy (non-hydrogen) atoms. The standard InChI is InChI=1S/C18H26N2O2.ClH/c1-13-12-14(10-11-19-13)18(21)20-15-6-8-17(9-7-15)22-16-4-2-3-5-16;/h6-9,13-14,16,19H,2-5,10-12H2,1H3,(H,20,21);1H/t13-,14-;/m0./s1. The number of benzene rings is 1. The Kier molecular flexibility index (Phi) is 6.72. The zero-order valence-corrected chi connectivity index (χ0v) is 14.5. The number of hydrogen-bond acceptors (Lipinski definition) is 3. The van der Waals surface area contributed by atoms with Gasteiger partial charge in [-0.2, -0.15) is 0 Å². The van der Waals surface area contributed by atoms with Gasteiger partial charge in [-0.3, -0.25) is 4.79 Å². The van der Waals surface area contributed by atoms with Crippen LogP contribution in [0.25, 0.3) is 0 Å². The van der Waals surface area contributed by atoms with Crippen molar-refractivity contribution in [3.63, 3.8) is 0 Å². The molecule has 1 aromatic rings. The average Bonchev–Trinajstić information content (AvgIpc) is 3.02. The van der Waals surface area contributed by atoms with E-state index >= 15 is 0 Å². The highest BCUT2D eigenvalue weighted by Gasteiger charge is 2.24. The highest BCUT2D eigenvalue weighted by Crippen LogP contribution is 2.25. The summed E-state index contributed by atoms with van der Waals surface area (Å²) in [4.78, 5) is 12.3. The molecule has 2 fully saturated rings. The lowest BCUT2D eigenvalue weighted by molar-refractivity contribution is -0.120. The summed E-state index contributed by atoms with van der Waals surface area (Å²) in [5.41, 5.74) is 0.856. The van der Waals surface area contributed by atoms with E-state index in [1.54, 1.807) is 0 Å². The summed E-state index contributed by atoms with van der Waals surface area (Å²) in [5.74, 6) is 1.16. The van der Waals surface area contributed by atoms with Crippen molar-refractivity contribution in [2.75, 3.05) is 11.9 Å². The van der Waals surface area contributed by atoms with Crippen LogP contribution >= 0.6 is 12.4 Å². The summed E-state index contributed by atoms with van der Waals surface area (Å²) in [6.07, 6.45) is 7.06. The summed E-state index contributed by atoms with van der Waals surface area (Å²) in [5, 5.41) is 6.41. The monoisotopic (exact) mass is 338 g/mol. The summed E-state index contributed by atoms with van der Waals surface area (Å²) in [6.45, 7) is 3.06. The molecule has 1 aromatic carbocycles. The number of anilines is 1. The molecule has 1 saturated heterocycles. The van der Waals surface area contributed by atoms with Gasteiger partial charge in [0.1, 0.15) is 5.75 Å². The molecular weight excluding hydrogens is 312 g/mol. The second-order valence-corrected chi connectivity index (χ2v) is 6.61. The van der Waals surface area contributed by atoms with E-state index in [1.165, 1.54) is 12.8 Å². The fraction of sp³-hybridized carbons (Fsp3) is 0.611. The number of halogens is 1. The van der Waals surface area contributed by atoms with Gasteiger partial charge in [0.15, 0.2) is 0 Å². The Hall–Kier alpha value is -1.26. The number of amides is 1. The van der Waals surface area contributed by atoms with E-state index < -0.39 is 0 Å². The van der Waals surface area contributed by atoms with Gasteiger partial charge in [-0.1, -0.05) is 0 Å². The van der Waals surface area contributed by atoms with Crippen LogP contribution in [0.3, 0.4) is 0 Å². The molecule has 0 radical (unpaired) electrons. The van der Waals surface area contributed by atoms with Gasteiger partial charge in [0.05, 0.1) is 6.10 Å². The van der Waals surface area contributed by atoms with Gasteiger partial charge in [-0.05, 0) is 76.3 Å². The van der Waals surface area contributed by atoms with Crippen LogP contribution in [0, 0.1) is 5.92 Å². The Labute approximate surface area is 144 Å². The highest BCUT2D eigenvalue weighted by molar-refractivity contribution is 5.92. The van der Waals surface area contributed by atoms with Gasteiger partial charge in [-0.15, -0.1) is 12.4 Å². The summed E-state index contributed by atoms with van der Waals surface area (Å²) in [6, 6.07) is 8.21. The second-order valence-electron chi connectivity index (χ2n) is 6.61.